The Balaban J connectivity index is 1.57. The third-order valence-corrected chi connectivity index (χ3v) is 4.45. The number of carbonyl (C=O) groups excluding carboxylic acids is 2. The summed E-state index contributed by atoms with van der Waals surface area (Å²) in [6.07, 6.45) is 0. The predicted molar refractivity (Wildman–Crippen MR) is 106 cm³/mol. The molecule has 138 valence electrons. The van der Waals surface area contributed by atoms with Gasteiger partial charge in [0.1, 0.15) is 0 Å². The van der Waals surface area contributed by atoms with Gasteiger partial charge in [-0.05, 0) is 41.8 Å². The van der Waals surface area contributed by atoms with Crippen molar-refractivity contribution in [1.82, 2.24) is 0 Å². The lowest BCUT2D eigenvalue weighted by atomic mass is 10.2. The maximum Gasteiger partial charge on any atom is 0.265 e. The number of amides is 2. The van der Waals surface area contributed by atoms with Gasteiger partial charge in [0.2, 0.25) is 0 Å². The molecule has 0 aliphatic carbocycles. The Labute approximate surface area is 160 Å². The van der Waals surface area contributed by atoms with Crippen molar-refractivity contribution in [2.24, 2.45) is 0 Å². The Hall–Kier alpha value is -3.32. The molecule has 2 aromatic carbocycles. The van der Waals surface area contributed by atoms with Gasteiger partial charge in [0.05, 0.1) is 12.0 Å². The van der Waals surface area contributed by atoms with E-state index in [2.05, 4.69) is 10.6 Å². The number of thiophene rings is 1. The van der Waals surface area contributed by atoms with E-state index < -0.39 is 0 Å². The number of para-hydroxylation sites is 2. The quantitative estimate of drug-likeness (QED) is 0.647. The van der Waals surface area contributed by atoms with Gasteiger partial charge in [-0.2, -0.15) is 0 Å². The maximum absolute atomic E-state index is 12.1. The van der Waals surface area contributed by atoms with Crippen LogP contribution in [0.2, 0.25) is 0 Å². The highest BCUT2D eigenvalue weighted by atomic mass is 32.1. The first-order chi connectivity index (χ1) is 13.2. The molecule has 6 nitrogen and oxygen atoms in total. The van der Waals surface area contributed by atoms with Gasteiger partial charge < -0.3 is 20.1 Å². The zero-order valence-electron chi connectivity index (χ0n) is 14.6. The molecule has 3 aromatic rings. The Bertz CT molecular complexity index is 925. The molecule has 0 unspecified atom stereocenters. The van der Waals surface area contributed by atoms with Gasteiger partial charge in [-0.3, -0.25) is 9.59 Å². The molecule has 0 atom stereocenters. The average molecular weight is 382 g/mol. The van der Waals surface area contributed by atoms with Crippen LogP contribution < -0.4 is 20.1 Å². The van der Waals surface area contributed by atoms with Crippen LogP contribution in [0.3, 0.4) is 0 Å². The monoisotopic (exact) mass is 382 g/mol. The molecule has 0 aliphatic heterocycles. The van der Waals surface area contributed by atoms with Crippen LogP contribution in [-0.2, 0) is 4.79 Å². The zero-order valence-corrected chi connectivity index (χ0v) is 15.4. The van der Waals surface area contributed by atoms with Gasteiger partial charge in [0.15, 0.2) is 18.1 Å². The van der Waals surface area contributed by atoms with Crippen molar-refractivity contribution in [1.29, 1.82) is 0 Å². The molecule has 2 N–H and O–H groups in total. The number of benzene rings is 2. The molecule has 7 heteroatoms. The molecule has 0 spiro atoms. The second-order valence-corrected chi connectivity index (χ2v) is 6.45. The standard InChI is InChI=1S/C20H18N2O4S/c1-25-16-8-2-3-9-17(16)26-13-19(23)21-14-6-4-7-15(12-14)22-20(24)18-10-5-11-27-18/h2-12H,13H2,1H3,(H,21,23)(H,22,24). The van der Waals surface area contributed by atoms with Crippen molar-refractivity contribution in [2.45, 2.75) is 0 Å². The van der Waals surface area contributed by atoms with Crippen molar-refractivity contribution < 1.29 is 19.1 Å². The molecule has 0 aliphatic rings. The van der Waals surface area contributed by atoms with E-state index in [1.54, 1.807) is 48.5 Å². The third-order valence-electron chi connectivity index (χ3n) is 3.58. The lowest BCUT2D eigenvalue weighted by molar-refractivity contribution is -0.118. The minimum atomic E-state index is -0.317. The number of rotatable bonds is 7. The molecule has 0 radical (unpaired) electrons. The van der Waals surface area contributed by atoms with Crippen LogP contribution >= 0.6 is 11.3 Å². The first-order valence-electron chi connectivity index (χ1n) is 8.16. The number of nitrogens with one attached hydrogen (secondary N) is 2. The fourth-order valence-corrected chi connectivity index (χ4v) is 2.97. The van der Waals surface area contributed by atoms with Gasteiger partial charge in [0.25, 0.3) is 11.8 Å². The number of methoxy groups -OCH3 is 1. The number of hydrogen-bond donors (Lipinski definition) is 2. The van der Waals surface area contributed by atoms with E-state index in [0.29, 0.717) is 27.8 Å². The number of anilines is 2. The first kappa shape index (κ1) is 18.5. The van der Waals surface area contributed by atoms with Gasteiger partial charge in [-0.25, -0.2) is 0 Å². The van der Waals surface area contributed by atoms with E-state index >= 15 is 0 Å². The Kier molecular flexibility index (Phi) is 6.06. The third kappa shape index (κ3) is 5.08. The van der Waals surface area contributed by atoms with Crippen LogP contribution in [0.15, 0.2) is 66.0 Å². The largest absolute Gasteiger partial charge is 0.493 e. The fraction of sp³-hybridized carbons (Fsp3) is 0.100. The molecule has 0 bridgehead atoms. The molecule has 0 fully saturated rings. The highest BCUT2D eigenvalue weighted by molar-refractivity contribution is 7.12. The fourth-order valence-electron chi connectivity index (χ4n) is 2.35. The summed E-state index contributed by atoms with van der Waals surface area (Å²) in [6, 6.07) is 17.6. The molecule has 3 rings (SSSR count). The summed E-state index contributed by atoms with van der Waals surface area (Å²) >= 11 is 1.36. The van der Waals surface area contributed by atoms with E-state index in [1.165, 1.54) is 18.4 Å². The summed E-state index contributed by atoms with van der Waals surface area (Å²) in [5, 5.41) is 7.39. The van der Waals surface area contributed by atoms with E-state index in [9.17, 15) is 9.59 Å². The van der Waals surface area contributed by atoms with Crippen LogP contribution in [0.25, 0.3) is 0 Å². The number of ether oxygens (including phenoxy) is 2. The van der Waals surface area contributed by atoms with Crippen LogP contribution in [0, 0.1) is 0 Å². The molecular weight excluding hydrogens is 364 g/mol. The SMILES string of the molecule is COc1ccccc1OCC(=O)Nc1cccc(NC(=O)c2cccs2)c1. The van der Waals surface area contributed by atoms with Crippen molar-refractivity contribution in [3.8, 4) is 11.5 Å². The maximum atomic E-state index is 12.1. The molecule has 1 aromatic heterocycles. The van der Waals surface area contributed by atoms with Crippen molar-refractivity contribution in [3.05, 3.63) is 70.9 Å². The van der Waals surface area contributed by atoms with E-state index in [4.69, 9.17) is 9.47 Å². The Morgan fingerprint density at radius 1 is 0.926 bits per heavy atom. The second kappa shape index (κ2) is 8.86. The average Bonchev–Trinajstić information content (AvgIpc) is 3.22. The van der Waals surface area contributed by atoms with E-state index in [1.807, 2.05) is 17.5 Å². The van der Waals surface area contributed by atoms with Crippen LogP contribution in [-0.4, -0.2) is 25.5 Å². The summed E-state index contributed by atoms with van der Waals surface area (Å²) in [7, 11) is 1.54. The topological polar surface area (TPSA) is 76.7 Å². The van der Waals surface area contributed by atoms with Crippen LogP contribution in [0.5, 0.6) is 11.5 Å². The van der Waals surface area contributed by atoms with Gasteiger partial charge in [0, 0.05) is 11.4 Å². The Morgan fingerprint density at radius 3 is 2.37 bits per heavy atom. The minimum Gasteiger partial charge on any atom is -0.493 e. The van der Waals surface area contributed by atoms with Crippen molar-refractivity contribution in [3.63, 3.8) is 0 Å². The normalized spacial score (nSPS) is 10.1. The van der Waals surface area contributed by atoms with E-state index in [0.717, 1.165) is 0 Å². The van der Waals surface area contributed by atoms with E-state index in [-0.39, 0.29) is 18.4 Å². The summed E-state index contributed by atoms with van der Waals surface area (Å²) < 4.78 is 10.7. The summed E-state index contributed by atoms with van der Waals surface area (Å²) in [5.41, 5.74) is 1.16. The molecule has 1 heterocycles. The number of hydrogen-bond acceptors (Lipinski definition) is 5. The summed E-state index contributed by atoms with van der Waals surface area (Å²) in [4.78, 5) is 24.9. The predicted octanol–water partition coefficient (Wildman–Crippen LogP) is 4.03. The smallest absolute Gasteiger partial charge is 0.265 e. The van der Waals surface area contributed by atoms with Gasteiger partial charge >= 0.3 is 0 Å². The second-order valence-electron chi connectivity index (χ2n) is 5.50. The van der Waals surface area contributed by atoms with Gasteiger partial charge in [-0.1, -0.05) is 24.3 Å². The minimum absolute atomic E-state index is 0.161. The van der Waals surface area contributed by atoms with Crippen LogP contribution in [0.1, 0.15) is 9.67 Å². The highest BCUT2D eigenvalue weighted by Crippen LogP contribution is 2.25. The van der Waals surface area contributed by atoms with Crippen molar-refractivity contribution in [2.75, 3.05) is 24.4 Å². The first-order valence-corrected chi connectivity index (χ1v) is 9.04. The molecule has 0 saturated heterocycles. The zero-order chi connectivity index (χ0) is 19.1. The summed E-state index contributed by atoms with van der Waals surface area (Å²) in [5.74, 6) is 0.548. The Morgan fingerprint density at radius 2 is 1.67 bits per heavy atom. The van der Waals surface area contributed by atoms with Crippen molar-refractivity contribution >= 4 is 34.5 Å². The highest BCUT2D eigenvalue weighted by Gasteiger charge is 2.09. The lowest BCUT2D eigenvalue weighted by Crippen LogP contribution is -2.20. The molecular formula is C20H18N2O4S. The molecule has 0 saturated carbocycles. The lowest BCUT2D eigenvalue weighted by Gasteiger charge is -2.11. The van der Waals surface area contributed by atoms with Crippen LogP contribution in [0.4, 0.5) is 11.4 Å². The number of carbonyl (C=O) groups is 2. The molecule has 27 heavy (non-hydrogen) atoms. The molecule has 2 amide bonds. The van der Waals surface area contributed by atoms with Gasteiger partial charge in [-0.15, -0.1) is 11.3 Å². The summed E-state index contributed by atoms with van der Waals surface area (Å²) in [6.45, 7) is -0.161.